The van der Waals surface area contributed by atoms with Gasteiger partial charge in [-0.05, 0) is 36.4 Å². The van der Waals surface area contributed by atoms with Crippen LogP contribution in [0, 0.1) is 10.1 Å². The molecule has 0 amide bonds. The minimum Gasteiger partial charge on any atom is -0.497 e. The number of nitro benzene ring substituents is 1. The van der Waals surface area contributed by atoms with Gasteiger partial charge >= 0.3 is 0 Å². The number of allylic oxidation sites excluding steroid dienone is 1. The predicted molar refractivity (Wildman–Crippen MR) is 97.2 cm³/mol. The number of carbonyl (C=O) groups is 1. The summed E-state index contributed by atoms with van der Waals surface area (Å²) in [6.07, 6.45) is 2.94. The smallest absolute Gasteiger partial charge is 0.284 e. The monoisotopic (exact) mass is 349 g/mol. The standard InChI is InChI=1S/C20H15NO5/c1-25-16-7-10-17(18(13-16)21(23)24)20-12-9-15(26-20)8-11-19(22)14-5-3-2-4-6-14/h2-13H,1H3. The van der Waals surface area contributed by atoms with Crippen LogP contribution in [-0.2, 0) is 0 Å². The van der Waals surface area contributed by atoms with Crippen molar-refractivity contribution in [2.45, 2.75) is 0 Å². The molecule has 0 fully saturated rings. The molecule has 0 N–H and O–H groups in total. The van der Waals surface area contributed by atoms with E-state index in [1.807, 2.05) is 6.07 Å². The van der Waals surface area contributed by atoms with Gasteiger partial charge < -0.3 is 9.15 Å². The van der Waals surface area contributed by atoms with E-state index in [-0.39, 0.29) is 11.5 Å². The molecule has 0 aliphatic carbocycles. The lowest BCUT2D eigenvalue weighted by Gasteiger charge is -2.03. The number of ketones is 1. The first-order valence-electron chi connectivity index (χ1n) is 7.78. The molecular formula is C20H15NO5. The number of hydrogen-bond donors (Lipinski definition) is 0. The summed E-state index contributed by atoms with van der Waals surface area (Å²) in [4.78, 5) is 22.9. The molecule has 0 saturated carbocycles. The van der Waals surface area contributed by atoms with Crippen molar-refractivity contribution in [1.82, 2.24) is 0 Å². The van der Waals surface area contributed by atoms with Gasteiger partial charge in [-0.3, -0.25) is 14.9 Å². The lowest BCUT2D eigenvalue weighted by Crippen LogP contribution is -1.93. The first-order chi connectivity index (χ1) is 12.6. The van der Waals surface area contributed by atoms with Crippen molar-refractivity contribution in [3.8, 4) is 17.1 Å². The Labute approximate surface area is 149 Å². The molecule has 0 aliphatic rings. The molecule has 26 heavy (non-hydrogen) atoms. The maximum atomic E-state index is 12.1. The summed E-state index contributed by atoms with van der Waals surface area (Å²) in [7, 11) is 1.44. The van der Waals surface area contributed by atoms with Crippen molar-refractivity contribution in [3.05, 3.63) is 88.2 Å². The van der Waals surface area contributed by atoms with Crippen LogP contribution in [-0.4, -0.2) is 17.8 Å². The highest BCUT2D eigenvalue weighted by molar-refractivity contribution is 6.06. The van der Waals surface area contributed by atoms with E-state index >= 15 is 0 Å². The molecular weight excluding hydrogens is 334 g/mol. The van der Waals surface area contributed by atoms with Crippen molar-refractivity contribution in [3.63, 3.8) is 0 Å². The van der Waals surface area contributed by atoms with Gasteiger partial charge in [0.2, 0.25) is 0 Å². The Hall–Kier alpha value is -3.67. The summed E-state index contributed by atoms with van der Waals surface area (Å²) >= 11 is 0. The minimum atomic E-state index is -0.491. The van der Waals surface area contributed by atoms with Gasteiger partial charge in [-0.1, -0.05) is 30.3 Å². The average Bonchev–Trinajstić information content (AvgIpc) is 3.15. The molecule has 6 heteroatoms. The van der Waals surface area contributed by atoms with Crippen molar-refractivity contribution in [1.29, 1.82) is 0 Å². The zero-order chi connectivity index (χ0) is 18.5. The van der Waals surface area contributed by atoms with E-state index in [0.717, 1.165) is 0 Å². The normalized spacial score (nSPS) is 10.8. The fourth-order valence-electron chi connectivity index (χ4n) is 2.44. The molecule has 0 unspecified atom stereocenters. The Bertz CT molecular complexity index is 973. The van der Waals surface area contributed by atoms with Gasteiger partial charge in [-0.25, -0.2) is 0 Å². The molecule has 0 bridgehead atoms. The van der Waals surface area contributed by atoms with Gasteiger partial charge in [0.25, 0.3) is 5.69 Å². The average molecular weight is 349 g/mol. The Kier molecular flexibility index (Phi) is 4.94. The van der Waals surface area contributed by atoms with E-state index < -0.39 is 4.92 Å². The topological polar surface area (TPSA) is 82.6 Å². The zero-order valence-electron chi connectivity index (χ0n) is 13.9. The molecule has 0 spiro atoms. The highest BCUT2D eigenvalue weighted by Crippen LogP contribution is 2.34. The maximum absolute atomic E-state index is 12.1. The summed E-state index contributed by atoms with van der Waals surface area (Å²) in [6.45, 7) is 0. The van der Waals surface area contributed by atoms with Gasteiger partial charge in [0.05, 0.1) is 23.7 Å². The van der Waals surface area contributed by atoms with Crippen molar-refractivity contribution >= 4 is 17.5 Å². The van der Waals surface area contributed by atoms with Crippen LogP contribution in [0.15, 0.2) is 71.2 Å². The summed E-state index contributed by atoms with van der Waals surface area (Å²) in [5.41, 5.74) is 0.792. The van der Waals surface area contributed by atoms with Crippen LogP contribution >= 0.6 is 0 Å². The third-order valence-electron chi connectivity index (χ3n) is 3.75. The van der Waals surface area contributed by atoms with Crippen LogP contribution in [0.1, 0.15) is 16.1 Å². The first-order valence-corrected chi connectivity index (χ1v) is 7.78. The molecule has 3 rings (SSSR count). The minimum absolute atomic E-state index is 0.116. The SMILES string of the molecule is COc1ccc(-c2ccc(C=CC(=O)c3ccccc3)o2)c([N+](=O)[O-])c1. The number of furan rings is 1. The van der Waals surface area contributed by atoms with E-state index in [1.165, 1.54) is 25.3 Å². The fourth-order valence-corrected chi connectivity index (χ4v) is 2.44. The largest absolute Gasteiger partial charge is 0.497 e. The summed E-state index contributed by atoms with van der Waals surface area (Å²) in [6, 6.07) is 16.7. The third kappa shape index (κ3) is 3.70. The number of rotatable bonds is 6. The number of nitro groups is 1. The van der Waals surface area contributed by atoms with Crippen LogP contribution in [0.2, 0.25) is 0 Å². The summed E-state index contributed by atoms with van der Waals surface area (Å²) in [5.74, 6) is 1.00. The molecule has 0 radical (unpaired) electrons. The van der Waals surface area contributed by atoms with Crippen LogP contribution in [0.25, 0.3) is 17.4 Å². The number of methoxy groups -OCH3 is 1. The Morgan fingerprint density at radius 1 is 1.12 bits per heavy atom. The fraction of sp³-hybridized carbons (Fsp3) is 0.0500. The van der Waals surface area contributed by atoms with Crippen molar-refractivity contribution < 1.29 is 18.9 Å². The second-order valence-electron chi connectivity index (χ2n) is 5.41. The number of nitrogens with zero attached hydrogens (tertiary/aromatic N) is 1. The van der Waals surface area contributed by atoms with Crippen molar-refractivity contribution in [2.24, 2.45) is 0 Å². The molecule has 2 aromatic carbocycles. The van der Waals surface area contributed by atoms with E-state index in [0.29, 0.717) is 28.4 Å². The molecule has 1 heterocycles. The Balaban J connectivity index is 1.85. The van der Waals surface area contributed by atoms with Crippen LogP contribution in [0.4, 0.5) is 5.69 Å². The van der Waals surface area contributed by atoms with Crippen LogP contribution in [0.3, 0.4) is 0 Å². The Morgan fingerprint density at radius 2 is 1.88 bits per heavy atom. The molecule has 0 saturated heterocycles. The number of hydrogen-bond acceptors (Lipinski definition) is 5. The number of ether oxygens (including phenoxy) is 1. The predicted octanol–water partition coefficient (Wildman–Crippen LogP) is 4.76. The quantitative estimate of drug-likeness (QED) is 0.277. The van der Waals surface area contributed by atoms with Gasteiger partial charge in [0.15, 0.2) is 5.78 Å². The van der Waals surface area contributed by atoms with E-state index in [9.17, 15) is 14.9 Å². The molecule has 0 atom stereocenters. The Morgan fingerprint density at radius 3 is 2.58 bits per heavy atom. The summed E-state index contributed by atoms with van der Waals surface area (Å²) in [5, 5.41) is 11.3. The summed E-state index contributed by atoms with van der Waals surface area (Å²) < 4.78 is 10.7. The van der Waals surface area contributed by atoms with E-state index in [2.05, 4.69) is 0 Å². The van der Waals surface area contributed by atoms with E-state index in [4.69, 9.17) is 9.15 Å². The third-order valence-corrected chi connectivity index (χ3v) is 3.75. The molecule has 130 valence electrons. The molecule has 3 aromatic rings. The molecule has 1 aromatic heterocycles. The lowest BCUT2D eigenvalue weighted by molar-refractivity contribution is -0.384. The van der Waals surface area contributed by atoms with Gasteiger partial charge in [0.1, 0.15) is 17.3 Å². The van der Waals surface area contributed by atoms with E-state index in [1.54, 1.807) is 48.5 Å². The highest BCUT2D eigenvalue weighted by Gasteiger charge is 2.19. The maximum Gasteiger partial charge on any atom is 0.284 e. The van der Waals surface area contributed by atoms with Crippen LogP contribution < -0.4 is 4.74 Å². The second kappa shape index (κ2) is 7.48. The number of carbonyl (C=O) groups excluding carboxylic acids is 1. The van der Waals surface area contributed by atoms with Gasteiger partial charge in [-0.15, -0.1) is 0 Å². The van der Waals surface area contributed by atoms with Gasteiger partial charge in [-0.2, -0.15) is 0 Å². The first kappa shape index (κ1) is 17.2. The molecule has 0 aliphatic heterocycles. The highest BCUT2D eigenvalue weighted by atomic mass is 16.6. The van der Waals surface area contributed by atoms with Crippen molar-refractivity contribution in [2.75, 3.05) is 7.11 Å². The number of benzene rings is 2. The molecule has 6 nitrogen and oxygen atoms in total. The van der Waals surface area contributed by atoms with Crippen LogP contribution in [0.5, 0.6) is 5.75 Å². The lowest BCUT2D eigenvalue weighted by atomic mass is 10.1. The van der Waals surface area contributed by atoms with Gasteiger partial charge in [0, 0.05) is 5.56 Å². The zero-order valence-corrected chi connectivity index (χ0v) is 13.9. The second-order valence-corrected chi connectivity index (χ2v) is 5.41.